The Morgan fingerprint density at radius 3 is 2.36 bits per heavy atom. The molecule has 1 aliphatic rings. The maximum Gasteiger partial charge on any atom is 0.328 e. The molecule has 0 radical (unpaired) electrons. The van der Waals surface area contributed by atoms with Gasteiger partial charge in [-0.2, -0.15) is 0 Å². The zero-order valence-electron chi connectivity index (χ0n) is 13.9. The Labute approximate surface area is 131 Å². The molecular formula is C17H26O5. The lowest BCUT2D eigenvalue weighted by Gasteiger charge is -2.48. The fraction of sp³-hybridized carbons (Fsp3) is 0.647. The summed E-state index contributed by atoms with van der Waals surface area (Å²) < 4.78 is 5.34. The van der Waals surface area contributed by atoms with Crippen LogP contribution in [0.15, 0.2) is 23.8 Å². The van der Waals surface area contributed by atoms with Crippen molar-refractivity contribution in [3.63, 3.8) is 0 Å². The van der Waals surface area contributed by atoms with E-state index >= 15 is 0 Å². The van der Waals surface area contributed by atoms with E-state index in [1.807, 2.05) is 26.8 Å². The largest absolute Gasteiger partial charge is 0.478 e. The number of carboxylic acid groups (broad SMARTS) is 1. The van der Waals surface area contributed by atoms with Crippen LogP contribution >= 0.6 is 0 Å². The number of aliphatic hydroxyl groups is 1. The van der Waals surface area contributed by atoms with Crippen LogP contribution in [0.25, 0.3) is 0 Å². The number of carboxylic acids is 1. The molecule has 0 bridgehead atoms. The van der Waals surface area contributed by atoms with Crippen molar-refractivity contribution in [2.24, 2.45) is 17.3 Å². The Morgan fingerprint density at radius 1 is 1.27 bits per heavy atom. The van der Waals surface area contributed by atoms with E-state index in [-0.39, 0.29) is 11.8 Å². The molecule has 1 unspecified atom stereocenters. The van der Waals surface area contributed by atoms with Crippen molar-refractivity contribution in [2.45, 2.75) is 53.2 Å². The van der Waals surface area contributed by atoms with Gasteiger partial charge in [0.2, 0.25) is 0 Å². The van der Waals surface area contributed by atoms with E-state index in [9.17, 15) is 14.7 Å². The third-order valence-corrected chi connectivity index (χ3v) is 4.38. The highest BCUT2D eigenvalue weighted by Crippen LogP contribution is 2.46. The van der Waals surface area contributed by atoms with Crippen molar-refractivity contribution in [1.82, 2.24) is 0 Å². The Balaban J connectivity index is 3.03. The number of allylic oxidation sites excluding steroid dienone is 3. The van der Waals surface area contributed by atoms with Gasteiger partial charge in [0.15, 0.2) is 0 Å². The summed E-state index contributed by atoms with van der Waals surface area (Å²) in [7, 11) is 0. The summed E-state index contributed by atoms with van der Waals surface area (Å²) in [4.78, 5) is 22.0. The summed E-state index contributed by atoms with van der Waals surface area (Å²) >= 11 is 0. The lowest BCUT2D eigenvalue weighted by Crippen LogP contribution is -2.53. The SMILES string of the molecule is CC(=O)O[C@@H]1[C@H](O)C[C@@H](C)C(/C=C/C(C)=C/C(=O)O)C1(C)C. The zero-order chi connectivity index (χ0) is 17.1. The molecule has 0 spiro atoms. The van der Waals surface area contributed by atoms with Gasteiger partial charge in [-0.3, -0.25) is 4.79 Å². The first-order valence-corrected chi connectivity index (χ1v) is 7.50. The molecule has 0 aromatic carbocycles. The molecule has 1 saturated carbocycles. The number of ether oxygens (including phenoxy) is 1. The van der Waals surface area contributed by atoms with Gasteiger partial charge in [0.1, 0.15) is 6.10 Å². The van der Waals surface area contributed by atoms with E-state index in [1.165, 1.54) is 6.92 Å². The number of carbonyl (C=O) groups excluding carboxylic acids is 1. The number of esters is 1. The normalized spacial score (nSPS) is 32.0. The first kappa shape index (κ1) is 18.4. The Bertz CT molecular complexity index is 489. The molecule has 0 aliphatic heterocycles. The number of carbonyl (C=O) groups is 2. The standard InChI is InChI=1S/C17H26O5/c1-10(8-15(20)21)6-7-13-11(2)9-14(19)16(17(13,4)5)22-12(3)18/h6-8,11,13-14,16,19H,9H2,1-5H3,(H,20,21)/b7-6+,10-8+/t11-,13?,14-,16-/m1/s1. The minimum absolute atomic E-state index is 0.0670. The minimum atomic E-state index is -0.980. The van der Waals surface area contributed by atoms with E-state index in [4.69, 9.17) is 9.84 Å². The van der Waals surface area contributed by atoms with Crippen molar-refractivity contribution in [3.05, 3.63) is 23.8 Å². The lowest BCUT2D eigenvalue weighted by atomic mass is 9.61. The van der Waals surface area contributed by atoms with Gasteiger partial charge < -0.3 is 14.9 Å². The van der Waals surface area contributed by atoms with Crippen molar-refractivity contribution < 1.29 is 24.5 Å². The lowest BCUT2D eigenvalue weighted by molar-refractivity contribution is -0.176. The number of aliphatic carboxylic acids is 1. The highest BCUT2D eigenvalue weighted by Gasteiger charge is 2.49. The van der Waals surface area contributed by atoms with Crippen molar-refractivity contribution >= 4 is 11.9 Å². The molecule has 5 nitrogen and oxygen atoms in total. The van der Waals surface area contributed by atoms with Crippen molar-refractivity contribution in [3.8, 4) is 0 Å². The van der Waals surface area contributed by atoms with Crippen LogP contribution < -0.4 is 0 Å². The molecule has 1 rings (SSSR count). The third kappa shape index (κ3) is 4.44. The van der Waals surface area contributed by atoms with Crippen LogP contribution in [-0.4, -0.2) is 34.4 Å². The van der Waals surface area contributed by atoms with Crippen LogP contribution in [0.4, 0.5) is 0 Å². The maximum absolute atomic E-state index is 11.3. The second kappa shape index (κ2) is 7.09. The van der Waals surface area contributed by atoms with Crippen molar-refractivity contribution in [2.75, 3.05) is 0 Å². The highest BCUT2D eigenvalue weighted by atomic mass is 16.6. The molecule has 0 saturated heterocycles. The molecule has 0 aromatic heterocycles. The molecule has 22 heavy (non-hydrogen) atoms. The second-order valence-electron chi connectivity index (χ2n) is 6.74. The predicted molar refractivity (Wildman–Crippen MR) is 83.1 cm³/mol. The van der Waals surface area contributed by atoms with Crippen LogP contribution in [0.1, 0.15) is 41.0 Å². The molecule has 4 atom stereocenters. The molecule has 0 amide bonds. The average Bonchev–Trinajstić information content (AvgIpc) is 2.32. The zero-order valence-corrected chi connectivity index (χ0v) is 13.9. The molecule has 1 fully saturated rings. The first-order chi connectivity index (χ1) is 10.1. The minimum Gasteiger partial charge on any atom is -0.478 e. The van der Waals surface area contributed by atoms with E-state index in [0.29, 0.717) is 12.0 Å². The van der Waals surface area contributed by atoms with Crippen LogP contribution in [0.5, 0.6) is 0 Å². The van der Waals surface area contributed by atoms with Gasteiger partial charge in [0.25, 0.3) is 0 Å². The molecule has 0 aromatic rings. The fourth-order valence-corrected chi connectivity index (χ4v) is 3.42. The molecule has 5 heteroatoms. The van der Waals surface area contributed by atoms with Crippen LogP contribution in [0, 0.1) is 17.3 Å². The van der Waals surface area contributed by atoms with Crippen LogP contribution in [-0.2, 0) is 14.3 Å². The molecule has 1 aliphatic carbocycles. The molecular weight excluding hydrogens is 284 g/mol. The van der Waals surface area contributed by atoms with E-state index < -0.39 is 29.6 Å². The van der Waals surface area contributed by atoms with Gasteiger partial charge in [-0.15, -0.1) is 0 Å². The smallest absolute Gasteiger partial charge is 0.328 e. The number of hydrogen-bond donors (Lipinski definition) is 2. The summed E-state index contributed by atoms with van der Waals surface area (Å²) in [5.74, 6) is -1.12. The van der Waals surface area contributed by atoms with Gasteiger partial charge >= 0.3 is 11.9 Å². The number of rotatable bonds is 4. The van der Waals surface area contributed by atoms with Gasteiger partial charge in [0, 0.05) is 18.4 Å². The Hall–Kier alpha value is -1.62. The van der Waals surface area contributed by atoms with Gasteiger partial charge in [-0.25, -0.2) is 4.79 Å². The molecule has 124 valence electrons. The molecule has 2 N–H and O–H groups in total. The monoisotopic (exact) mass is 310 g/mol. The fourth-order valence-electron chi connectivity index (χ4n) is 3.42. The van der Waals surface area contributed by atoms with Crippen LogP contribution in [0.3, 0.4) is 0 Å². The highest BCUT2D eigenvalue weighted by molar-refractivity contribution is 5.81. The van der Waals surface area contributed by atoms with Gasteiger partial charge in [-0.05, 0) is 30.8 Å². The van der Waals surface area contributed by atoms with Gasteiger partial charge in [-0.1, -0.05) is 32.9 Å². The summed E-state index contributed by atoms with van der Waals surface area (Å²) in [6, 6.07) is 0. The van der Waals surface area contributed by atoms with E-state index in [0.717, 1.165) is 6.08 Å². The quantitative estimate of drug-likeness (QED) is 0.473. The topological polar surface area (TPSA) is 83.8 Å². The maximum atomic E-state index is 11.3. The third-order valence-electron chi connectivity index (χ3n) is 4.38. The average molecular weight is 310 g/mol. The number of aliphatic hydroxyl groups excluding tert-OH is 1. The van der Waals surface area contributed by atoms with Crippen molar-refractivity contribution in [1.29, 1.82) is 0 Å². The van der Waals surface area contributed by atoms with E-state index in [1.54, 1.807) is 13.0 Å². The summed E-state index contributed by atoms with van der Waals surface area (Å²) in [5, 5.41) is 19.0. The summed E-state index contributed by atoms with van der Waals surface area (Å²) in [6.45, 7) is 9.03. The summed E-state index contributed by atoms with van der Waals surface area (Å²) in [6.07, 6.45) is 4.17. The van der Waals surface area contributed by atoms with Crippen LogP contribution in [0.2, 0.25) is 0 Å². The van der Waals surface area contributed by atoms with Gasteiger partial charge in [0.05, 0.1) is 6.10 Å². The second-order valence-corrected chi connectivity index (χ2v) is 6.74. The van der Waals surface area contributed by atoms with E-state index in [2.05, 4.69) is 0 Å². The number of hydrogen-bond acceptors (Lipinski definition) is 4. The predicted octanol–water partition coefficient (Wildman–Crippen LogP) is 2.55. The molecule has 0 heterocycles. The first-order valence-electron chi connectivity index (χ1n) is 7.50. The Kier molecular flexibility index (Phi) is 5.94. The summed E-state index contributed by atoms with van der Waals surface area (Å²) in [5.41, 5.74) is 0.202. The Morgan fingerprint density at radius 2 is 1.86 bits per heavy atom.